The number of anilines is 1. The molecular weight excluding hydrogens is 220 g/mol. The maximum absolute atomic E-state index is 4.45. The molecular formula is C11H14N4S. The molecule has 1 atom stereocenters. The van der Waals surface area contributed by atoms with Gasteiger partial charge in [-0.2, -0.15) is 0 Å². The van der Waals surface area contributed by atoms with E-state index in [1.54, 1.807) is 17.7 Å². The summed E-state index contributed by atoms with van der Waals surface area (Å²) < 4.78 is 0. The number of nitrogens with one attached hydrogen (secondary N) is 1. The van der Waals surface area contributed by atoms with Gasteiger partial charge in [0.1, 0.15) is 17.0 Å². The molecule has 5 heteroatoms. The van der Waals surface area contributed by atoms with Crippen molar-refractivity contribution < 1.29 is 0 Å². The van der Waals surface area contributed by atoms with E-state index < -0.39 is 0 Å². The first-order chi connectivity index (χ1) is 7.86. The van der Waals surface area contributed by atoms with Crippen LogP contribution in [0.15, 0.2) is 17.8 Å². The molecule has 0 aromatic carbocycles. The lowest BCUT2D eigenvalue weighted by atomic mass is 10.2. The van der Waals surface area contributed by atoms with Crippen LogP contribution in [0.5, 0.6) is 0 Å². The predicted molar refractivity (Wildman–Crippen MR) is 67.1 cm³/mol. The standard InChI is InChI=1S/C11H14N4S/c1-8-6-12-3-4-15(8)10-9-2-5-16-11(9)14-7-13-10/h2,5,7-8,12H,3-4,6H2,1H3/t8-/m0/s1. The van der Waals surface area contributed by atoms with E-state index in [1.165, 1.54) is 5.39 Å². The summed E-state index contributed by atoms with van der Waals surface area (Å²) in [5.41, 5.74) is 0. The number of piperazine rings is 1. The summed E-state index contributed by atoms with van der Waals surface area (Å²) in [5.74, 6) is 1.08. The monoisotopic (exact) mass is 234 g/mol. The highest BCUT2D eigenvalue weighted by Crippen LogP contribution is 2.28. The third-order valence-corrected chi connectivity index (χ3v) is 3.83. The molecule has 3 rings (SSSR count). The van der Waals surface area contributed by atoms with Crippen molar-refractivity contribution in [1.29, 1.82) is 0 Å². The van der Waals surface area contributed by atoms with Crippen LogP contribution in [0.3, 0.4) is 0 Å². The van der Waals surface area contributed by atoms with Crippen molar-refractivity contribution in [3.05, 3.63) is 17.8 Å². The van der Waals surface area contributed by atoms with Crippen LogP contribution in [-0.4, -0.2) is 35.6 Å². The molecule has 2 aromatic heterocycles. The molecule has 0 unspecified atom stereocenters. The molecule has 0 radical (unpaired) electrons. The highest BCUT2D eigenvalue weighted by atomic mass is 32.1. The average molecular weight is 234 g/mol. The van der Waals surface area contributed by atoms with Crippen LogP contribution in [0.25, 0.3) is 10.2 Å². The van der Waals surface area contributed by atoms with Crippen molar-refractivity contribution >= 4 is 27.4 Å². The van der Waals surface area contributed by atoms with Gasteiger partial charge >= 0.3 is 0 Å². The van der Waals surface area contributed by atoms with Crippen LogP contribution in [0.4, 0.5) is 5.82 Å². The van der Waals surface area contributed by atoms with Gasteiger partial charge in [0.15, 0.2) is 0 Å². The third-order valence-electron chi connectivity index (χ3n) is 3.01. The van der Waals surface area contributed by atoms with Crippen molar-refractivity contribution in [3.63, 3.8) is 0 Å². The molecule has 16 heavy (non-hydrogen) atoms. The first-order valence-corrected chi connectivity index (χ1v) is 6.40. The van der Waals surface area contributed by atoms with E-state index in [9.17, 15) is 0 Å². The second kappa shape index (κ2) is 3.99. The minimum atomic E-state index is 0.492. The number of hydrogen-bond donors (Lipinski definition) is 1. The van der Waals surface area contributed by atoms with Crippen LogP contribution in [0, 0.1) is 0 Å². The summed E-state index contributed by atoms with van der Waals surface area (Å²) in [6, 6.07) is 2.61. The molecule has 84 valence electrons. The van der Waals surface area contributed by atoms with E-state index in [1.807, 2.05) is 0 Å². The van der Waals surface area contributed by atoms with Gasteiger partial charge in [0.25, 0.3) is 0 Å². The number of hydrogen-bond acceptors (Lipinski definition) is 5. The normalized spacial score (nSPS) is 21.6. The molecule has 0 spiro atoms. The fourth-order valence-electron chi connectivity index (χ4n) is 2.16. The van der Waals surface area contributed by atoms with Gasteiger partial charge in [-0.15, -0.1) is 11.3 Å². The van der Waals surface area contributed by atoms with Gasteiger partial charge in [-0.25, -0.2) is 9.97 Å². The number of thiophene rings is 1. The maximum Gasteiger partial charge on any atom is 0.141 e. The highest BCUT2D eigenvalue weighted by molar-refractivity contribution is 7.16. The summed E-state index contributed by atoms with van der Waals surface area (Å²) in [5, 5.41) is 6.65. The molecule has 1 aliphatic heterocycles. The fourth-order valence-corrected chi connectivity index (χ4v) is 2.89. The summed E-state index contributed by atoms with van der Waals surface area (Å²) in [4.78, 5) is 12.2. The maximum atomic E-state index is 4.45. The van der Waals surface area contributed by atoms with Gasteiger partial charge in [-0.3, -0.25) is 0 Å². The van der Waals surface area contributed by atoms with Crippen LogP contribution in [-0.2, 0) is 0 Å². The molecule has 4 nitrogen and oxygen atoms in total. The average Bonchev–Trinajstić information content (AvgIpc) is 2.77. The van der Waals surface area contributed by atoms with Gasteiger partial charge in [-0.05, 0) is 18.4 Å². The lowest BCUT2D eigenvalue weighted by Crippen LogP contribution is -2.50. The summed E-state index contributed by atoms with van der Waals surface area (Å²) in [6.07, 6.45) is 1.67. The highest BCUT2D eigenvalue weighted by Gasteiger charge is 2.21. The zero-order chi connectivity index (χ0) is 11.0. The van der Waals surface area contributed by atoms with E-state index in [2.05, 4.69) is 38.6 Å². The number of aromatic nitrogens is 2. The Labute approximate surface area is 98.3 Å². The quantitative estimate of drug-likeness (QED) is 0.811. The Kier molecular flexibility index (Phi) is 2.49. The smallest absolute Gasteiger partial charge is 0.141 e. The van der Waals surface area contributed by atoms with E-state index in [0.29, 0.717) is 6.04 Å². The van der Waals surface area contributed by atoms with E-state index >= 15 is 0 Å². The first-order valence-electron chi connectivity index (χ1n) is 5.52. The lowest BCUT2D eigenvalue weighted by molar-refractivity contribution is 0.498. The molecule has 0 amide bonds. The molecule has 1 fully saturated rings. The van der Waals surface area contributed by atoms with Crippen molar-refractivity contribution in [3.8, 4) is 0 Å². The molecule has 2 aromatic rings. The summed E-state index contributed by atoms with van der Waals surface area (Å²) >= 11 is 1.67. The minimum Gasteiger partial charge on any atom is -0.351 e. The topological polar surface area (TPSA) is 41.0 Å². The number of rotatable bonds is 1. The first kappa shape index (κ1) is 9.99. The van der Waals surface area contributed by atoms with E-state index in [-0.39, 0.29) is 0 Å². The van der Waals surface area contributed by atoms with Gasteiger partial charge < -0.3 is 10.2 Å². The predicted octanol–water partition coefficient (Wildman–Crippen LogP) is 1.49. The van der Waals surface area contributed by atoms with Crippen LogP contribution in [0.2, 0.25) is 0 Å². The molecule has 1 saturated heterocycles. The van der Waals surface area contributed by atoms with Crippen molar-refractivity contribution in [2.24, 2.45) is 0 Å². The summed E-state index contributed by atoms with van der Waals surface area (Å²) in [7, 11) is 0. The SMILES string of the molecule is C[C@H]1CNCCN1c1ncnc2sccc12. The number of nitrogens with zero attached hydrogens (tertiary/aromatic N) is 3. The molecule has 0 saturated carbocycles. The third kappa shape index (κ3) is 1.56. The van der Waals surface area contributed by atoms with Gasteiger partial charge in [-0.1, -0.05) is 0 Å². The van der Waals surface area contributed by atoms with Crippen LogP contribution < -0.4 is 10.2 Å². The Balaban J connectivity index is 2.07. The van der Waals surface area contributed by atoms with Crippen molar-refractivity contribution in [2.75, 3.05) is 24.5 Å². The second-order valence-corrected chi connectivity index (χ2v) is 4.98. The minimum absolute atomic E-state index is 0.492. The molecule has 3 heterocycles. The Morgan fingerprint density at radius 1 is 1.50 bits per heavy atom. The molecule has 0 aliphatic carbocycles. The zero-order valence-corrected chi connectivity index (χ0v) is 10.00. The Hall–Kier alpha value is -1.20. The molecule has 1 aliphatic rings. The van der Waals surface area contributed by atoms with Gasteiger partial charge in [0.05, 0.1) is 5.39 Å². The Morgan fingerprint density at radius 2 is 2.44 bits per heavy atom. The van der Waals surface area contributed by atoms with Crippen LogP contribution >= 0.6 is 11.3 Å². The Bertz CT molecular complexity index is 495. The van der Waals surface area contributed by atoms with E-state index in [0.717, 1.165) is 30.3 Å². The second-order valence-electron chi connectivity index (χ2n) is 4.08. The summed E-state index contributed by atoms with van der Waals surface area (Å²) in [6.45, 7) is 5.30. The van der Waals surface area contributed by atoms with Crippen molar-refractivity contribution in [1.82, 2.24) is 15.3 Å². The molecule has 1 N–H and O–H groups in total. The zero-order valence-electron chi connectivity index (χ0n) is 9.18. The Morgan fingerprint density at radius 3 is 3.31 bits per heavy atom. The fraction of sp³-hybridized carbons (Fsp3) is 0.455. The largest absolute Gasteiger partial charge is 0.351 e. The van der Waals surface area contributed by atoms with Gasteiger partial charge in [0.2, 0.25) is 0 Å². The van der Waals surface area contributed by atoms with Crippen molar-refractivity contribution in [2.45, 2.75) is 13.0 Å². The van der Waals surface area contributed by atoms with Crippen LogP contribution in [0.1, 0.15) is 6.92 Å². The van der Waals surface area contributed by atoms with E-state index in [4.69, 9.17) is 0 Å². The van der Waals surface area contributed by atoms with Gasteiger partial charge in [0, 0.05) is 25.7 Å². The lowest BCUT2D eigenvalue weighted by Gasteiger charge is -2.35. The number of fused-ring (bicyclic) bond motifs is 1. The molecule has 0 bridgehead atoms.